The van der Waals surface area contributed by atoms with Crippen LogP contribution in [0.1, 0.15) is 52.9 Å². The number of hydrogen-bond donors (Lipinski definition) is 2. The van der Waals surface area contributed by atoms with Crippen LogP contribution in [0.25, 0.3) is 0 Å². The molecule has 0 spiro atoms. The van der Waals surface area contributed by atoms with Crippen molar-refractivity contribution in [3.05, 3.63) is 0 Å². The first-order chi connectivity index (χ1) is 8.56. The Kier molecular flexibility index (Phi) is 4.66. The number of amides is 1. The summed E-state index contributed by atoms with van der Waals surface area (Å²) in [5.74, 6) is 2.62. The Morgan fingerprint density at radius 2 is 2.06 bits per heavy atom. The molecule has 3 nitrogen and oxygen atoms in total. The molecular weight excluding hydrogens is 224 g/mol. The molecule has 2 fully saturated rings. The van der Waals surface area contributed by atoms with Gasteiger partial charge in [0.15, 0.2) is 0 Å². The zero-order valence-electron chi connectivity index (χ0n) is 12.0. The van der Waals surface area contributed by atoms with Crippen LogP contribution in [0.2, 0.25) is 0 Å². The normalized spacial score (nSPS) is 37.7. The third-order valence-corrected chi connectivity index (χ3v) is 4.74. The first kappa shape index (κ1) is 13.9. The van der Waals surface area contributed by atoms with Crippen molar-refractivity contribution < 1.29 is 4.79 Å². The second-order valence-electron chi connectivity index (χ2n) is 6.64. The van der Waals surface area contributed by atoms with E-state index in [1.165, 1.54) is 19.3 Å². The molecule has 0 bridgehead atoms. The fourth-order valence-electron chi connectivity index (χ4n) is 3.57. The highest BCUT2D eigenvalue weighted by atomic mass is 16.1. The van der Waals surface area contributed by atoms with Gasteiger partial charge in [-0.05, 0) is 37.0 Å². The fourth-order valence-corrected chi connectivity index (χ4v) is 3.57. The van der Waals surface area contributed by atoms with Gasteiger partial charge < -0.3 is 10.6 Å². The van der Waals surface area contributed by atoms with Crippen LogP contribution in [0.5, 0.6) is 0 Å². The number of rotatable bonds is 3. The van der Waals surface area contributed by atoms with E-state index in [1.807, 2.05) is 0 Å². The first-order valence-electron chi connectivity index (χ1n) is 7.59. The molecule has 1 aliphatic carbocycles. The van der Waals surface area contributed by atoms with E-state index in [9.17, 15) is 4.79 Å². The van der Waals surface area contributed by atoms with Gasteiger partial charge in [0.25, 0.3) is 0 Å². The van der Waals surface area contributed by atoms with Crippen LogP contribution >= 0.6 is 0 Å². The highest BCUT2D eigenvalue weighted by molar-refractivity contribution is 5.76. The largest absolute Gasteiger partial charge is 0.355 e. The molecule has 1 amide bonds. The minimum Gasteiger partial charge on any atom is -0.355 e. The molecule has 0 radical (unpaired) electrons. The number of carbonyl (C=O) groups excluding carboxylic acids is 1. The summed E-state index contributed by atoms with van der Waals surface area (Å²) >= 11 is 0. The number of hydrogen-bond acceptors (Lipinski definition) is 2. The summed E-state index contributed by atoms with van der Waals surface area (Å²) in [4.78, 5) is 11.2. The van der Waals surface area contributed by atoms with E-state index in [0.717, 1.165) is 30.7 Å². The minimum atomic E-state index is 0.213. The van der Waals surface area contributed by atoms with Crippen LogP contribution in [0, 0.1) is 17.8 Å². The van der Waals surface area contributed by atoms with Crippen molar-refractivity contribution in [3.8, 4) is 0 Å². The Hall–Kier alpha value is -0.570. The van der Waals surface area contributed by atoms with Crippen molar-refractivity contribution >= 4 is 5.91 Å². The number of carbonyl (C=O) groups is 1. The topological polar surface area (TPSA) is 41.1 Å². The van der Waals surface area contributed by atoms with Crippen LogP contribution in [0.4, 0.5) is 0 Å². The molecule has 2 rings (SSSR count). The van der Waals surface area contributed by atoms with Crippen LogP contribution < -0.4 is 10.6 Å². The molecule has 1 saturated carbocycles. The molecule has 0 aromatic heterocycles. The van der Waals surface area contributed by atoms with E-state index in [4.69, 9.17) is 0 Å². The van der Waals surface area contributed by atoms with E-state index >= 15 is 0 Å². The Labute approximate surface area is 111 Å². The maximum Gasteiger partial charge on any atom is 0.220 e. The summed E-state index contributed by atoms with van der Waals surface area (Å²) in [6.45, 7) is 7.87. The highest BCUT2D eigenvalue weighted by Crippen LogP contribution is 2.33. The lowest BCUT2D eigenvalue weighted by Crippen LogP contribution is -2.53. The maximum atomic E-state index is 11.2. The van der Waals surface area contributed by atoms with Gasteiger partial charge in [-0.1, -0.05) is 27.2 Å². The Balaban J connectivity index is 1.90. The molecule has 4 atom stereocenters. The molecule has 0 aromatic carbocycles. The van der Waals surface area contributed by atoms with Gasteiger partial charge in [0.05, 0.1) is 0 Å². The predicted octanol–water partition coefficient (Wildman–Crippen LogP) is 2.32. The van der Waals surface area contributed by atoms with Gasteiger partial charge in [-0.25, -0.2) is 0 Å². The Morgan fingerprint density at radius 3 is 2.67 bits per heavy atom. The average molecular weight is 252 g/mol. The second kappa shape index (κ2) is 6.05. The van der Waals surface area contributed by atoms with E-state index < -0.39 is 0 Å². The monoisotopic (exact) mass is 252 g/mol. The molecule has 104 valence electrons. The summed E-state index contributed by atoms with van der Waals surface area (Å²) in [7, 11) is 0. The maximum absolute atomic E-state index is 11.2. The molecule has 4 unspecified atom stereocenters. The van der Waals surface area contributed by atoms with Gasteiger partial charge in [0.1, 0.15) is 0 Å². The van der Waals surface area contributed by atoms with Crippen molar-refractivity contribution in [3.63, 3.8) is 0 Å². The van der Waals surface area contributed by atoms with Gasteiger partial charge in [0.2, 0.25) is 5.91 Å². The van der Waals surface area contributed by atoms with Crippen molar-refractivity contribution in [2.24, 2.45) is 17.8 Å². The van der Waals surface area contributed by atoms with Gasteiger partial charge in [-0.3, -0.25) is 4.79 Å². The van der Waals surface area contributed by atoms with E-state index in [0.29, 0.717) is 18.5 Å². The van der Waals surface area contributed by atoms with Crippen LogP contribution in [0.15, 0.2) is 0 Å². The smallest absolute Gasteiger partial charge is 0.220 e. The quantitative estimate of drug-likeness (QED) is 0.809. The average Bonchev–Trinajstić information content (AvgIpc) is 2.32. The zero-order valence-corrected chi connectivity index (χ0v) is 12.0. The van der Waals surface area contributed by atoms with Crippen molar-refractivity contribution in [1.29, 1.82) is 0 Å². The van der Waals surface area contributed by atoms with Crippen molar-refractivity contribution in [2.45, 2.75) is 65.0 Å². The molecule has 18 heavy (non-hydrogen) atoms. The van der Waals surface area contributed by atoms with E-state index in [-0.39, 0.29) is 5.91 Å². The molecule has 1 saturated heterocycles. The standard InChI is InChI=1S/C15H28N2O/c1-10(2)13-6-4-11(3)8-14(13)17-12-5-7-15(18)16-9-12/h10-14,17H,4-9H2,1-3H3,(H,16,18). The third-order valence-electron chi connectivity index (χ3n) is 4.74. The predicted molar refractivity (Wildman–Crippen MR) is 74.3 cm³/mol. The van der Waals surface area contributed by atoms with Crippen LogP contribution in [0.3, 0.4) is 0 Å². The first-order valence-corrected chi connectivity index (χ1v) is 7.59. The lowest BCUT2D eigenvalue weighted by Gasteiger charge is -2.40. The molecule has 1 aliphatic heterocycles. The molecule has 0 aromatic rings. The van der Waals surface area contributed by atoms with Crippen LogP contribution in [-0.4, -0.2) is 24.5 Å². The Morgan fingerprint density at radius 1 is 1.28 bits per heavy atom. The number of nitrogens with one attached hydrogen (secondary N) is 2. The SMILES string of the molecule is CC1CCC(C(C)C)C(NC2CCC(=O)NC2)C1. The summed E-state index contributed by atoms with van der Waals surface area (Å²) in [5, 5.41) is 6.80. The van der Waals surface area contributed by atoms with Gasteiger partial charge in [-0.2, -0.15) is 0 Å². The fraction of sp³-hybridized carbons (Fsp3) is 0.933. The second-order valence-corrected chi connectivity index (χ2v) is 6.64. The Bertz CT molecular complexity index is 280. The third kappa shape index (κ3) is 3.47. The lowest BCUT2D eigenvalue weighted by molar-refractivity contribution is -0.122. The minimum absolute atomic E-state index is 0.213. The van der Waals surface area contributed by atoms with Gasteiger partial charge in [-0.15, -0.1) is 0 Å². The van der Waals surface area contributed by atoms with E-state index in [2.05, 4.69) is 31.4 Å². The summed E-state index contributed by atoms with van der Waals surface area (Å²) in [6, 6.07) is 1.13. The molecule has 2 aliphatic rings. The lowest BCUT2D eigenvalue weighted by atomic mass is 9.73. The molecule has 1 heterocycles. The summed E-state index contributed by atoms with van der Waals surface area (Å²) in [5.41, 5.74) is 0. The van der Waals surface area contributed by atoms with Gasteiger partial charge >= 0.3 is 0 Å². The number of piperidine rings is 1. The van der Waals surface area contributed by atoms with Crippen LogP contribution in [-0.2, 0) is 4.79 Å². The summed E-state index contributed by atoms with van der Waals surface area (Å²) in [6.07, 6.45) is 5.72. The summed E-state index contributed by atoms with van der Waals surface area (Å²) < 4.78 is 0. The van der Waals surface area contributed by atoms with Gasteiger partial charge in [0, 0.05) is 25.0 Å². The molecule has 3 heteroatoms. The van der Waals surface area contributed by atoms with E-state index in [1.54, 1.807) is 0 Å². The van der Waals surface area contributed by atoms with Crippen molar-refractivity contribution in [1.82, 2.24) is 10.6 Å². The molecule has 2 N–H and O–H groups in total. The highest BCUT2D eigenvalue weighted by Gasteiger charge is 2.32. The molecular formula is C15H28N2O. The zero-order chi connectivity index (χ0) is 13.1. The van der Waals surface area contributed by atoms with Crippen molar-refractivity contribution in [2.75, 3.05) is 6.54 Å².